The van der Waals surface area contributed by atoms with Crippen LogP contribution in [-0.2, 0) is 0 Å². The molecule has 2 nitrogen and oxygen atoms in total. The molecular formula is C14H13BrFNO. The van der Waals surface area contributed by atoms with Crippen molar-refractivity contribution in [1.29, 1.82) is 0 Å². The Bertz CT molecular complexity index is 471. The fourth-order valence-electron chi connectivity index (χ4n) is 1.51. The van der Waals surface area contributed by atoms with Gasteiger partial charge in [-0.2, -0.15) is 0 Å². The first kappa shape index (κ1) is 12.9. The highest BCUT2D eigenvalue weighted by atomic mass is 79.9. The highest BCUT2D eigenvalue weighted by Gasteiger charge is 2.00. The minimum atomic E-state index is -0.251. The molecule has 1 N–H and O–H groups in total. The van der Waals surface area contributed by atoms with E-state index in [0.717, 1.165) is 10.2 Å². The van der Waals surface area contributed by atoms with Gasteiger partial charge in [0.05, 0.1) is 10.2 Å². The van der Waals surface area contributed by atoms with E-state index < -0.39 is 0 Å². The number of para-hydroxylation sites is 2. The summed E-state index contributed by atoms with van der Waals surface area (Å²) in [6, 6.07) is 14.2. The molecule has 0 aliphatic heterocycles. The number of anilines is 1. The number of benzene rings is 2. The molecule has 2 aromatic rings. The summed E-state index contributed by atoms with van der Waals surface area (Å²) in [5.74, 6) is 0.534. The van der Waals surface area contributed by atoms with Gasteiger partial charge in [-0.25, -0.2) is 4.39 Å². The monoisotopic (exact) mass is 309 g/mol. The van der Waals surface area contributed by atoms with Gasteiger partial charge in [0.2, 0.25) is 0 Å². The van der Waals surface area contributed by atoms with Crippen molar-refractivity contribution in [2.45, 2.75) is 0 Å². The molecule has 0 spiro atoms. The van der Waals surface area contributed by atoms with Gasteiger partial charge in [-0.05, 0) is 40.2 Å². The quantitative estimate of drug-likeness (QED) is 0.840. The Morgan fingerprint density at radius 3 is 2.56 bits per heavy atom. The van der Waals surface area contributed by atoms with E-state index in [9.17, 15) is 4.39 Å². The van der Waals surface area contributed by atoms with Crippen molar-refractivity contribution in [3.8, 4) is 5.75 Å². The third-order valence-corrected chi connectivity index (χ3v) is 3.04. The van der Waals surface area contributed by atoms with Gasteiger partial charge in [0, 0.05) is 6.54 Å². The number of nitrogens with one attached hydrogen (secondary N) is 1. The zero-order valence-corrected chi connectivity index (χ0v) is 11.3. The van der Waals surface area contributed by atoms with E-state index in [0.29, 0.717) is 18.8 Å². The predicted octanol–water partition coefficient (Wildman–Crippen LogP) is 4.08. The minimum Gasteiger partial charge on any atom is -0.491 e. The number of hydrogen-bond acceptors (Lipinski definition) is 2. The van der Waals surface area contributed by atoms with Crippen LogP contribution in [0.25, 0.3) is 0 Å². The molecule has 0 aliphatic carbocycles. The molecule has 94 valence electrons. The maximum Gasteiger partial charge on any atom is 0.146 e. The number of rotatable bonds is 5. The van der Waals surface area contributed by atoms with E-state index in [1.807, 2.05) is 24.3 Å². The van der Waals surface area contributed by atoms with Gasteiger partial charge >= 0.3 is 0 Å². The fourth-order valence-corrected chi connectivity index (χ4v) is 1.91. The van der Waals surface area contributed by atoms with Crippen LogP contribution in [0.4, 0.5) is 10.1 Å². The first-order valence-corrected chi connectivity index (χ1v) is 6.42. The summed E-state index contributed by atoms with van der Waals surface area (Å²) in [5.41, 5.74) is 0.494. The van der Waals surface area contributed by atoms with Gasteiger partial charge in [-0.15, -0.1) is 0 Å². The van der Waals surface area contributed by atoms with Gasteiger partial charge in [-0.1, -0.05) is 24.3 Å². The van der Waals surface area contributed by atoms with Crippen molar-refractivity contribution < 1.29 is 9.13 Å². The van der Waals surface area contributed by atoms with E-state index in [1.165, 1.54) is 6.07 Å². The van der Waals surface area contributed by atoms with E-state index in [2.05, 4.69) is 21.2 Å². The Morgan fingerprint density at radius 1 is 1.06 bits per heavy atom. The second kappa shape index (κ2) is 6.40. The maximum atomic E-state index is 13.3. The van der Waals surface area contributed by atoms with E-state index >= 15 is 0 Å². The molecule has 0 fully saturated rings. The van der Waals surface area contributed by atoms with E-state index in [4.69, 9.17) is 4.74 Å². The summed E-state index contributed by atoms with van der Waals surface area (Å²) >= 11 is 3.40. The smallest absolute Gasteiger partial charge is 0.146 e. The molecule has 0 aromatic heterocycles. The molecule has 0 heterocycles. The van der Waals surface area contributed by atoms with Crippen molar-refractivity contribution in [2.24, 2.45) is 0 Å². The molecule has 0 unspecified atom stereocenters. The van der Waals surface area contributed by atoms with Crippen LogP contribution in [0.3, 0.4) is 0 Å². The average molecular weight is 310 g/mol. The third kappa shape index (κ3) is 3.47. The number of halogens is 2. The first-order valence-electron chi connectivity index (χ1n) is 5.63. The Labute approximate surface area is 114 Å². The SMILES string of the molecule is Fc1ccccc1NCCOc1ccccc1Br. The van der Waals surface area contributed by atoms with Crippen LogP contribution >= 0.6 is 15.9 Å². The van der Waals surface area contributed by atoms with Crippen molar-refractivity contribution in [3.63, 3.8) is 0 Å². The van der Waals surface area contributed by atoms with E-state index in [-0.39, 0.29) is 5.82 Å². The second-order valence-corrected chi connectivity index (χ2v) is 4.54. The highest BCUT2D eigenvalue weighted by molar-refractivity contribution is 9.10. The largest absolute Gasteiger partial charge is 0.491 e. The molecule has 0 radical (unpaired) electrons. The number of ether oxygens (including phenoxy) is 1. The van der Waals surface area contributed by atoms with E-state index in [1.54, 1.807) is 18.2 Å². The third-order valence-electron chi connectivity index (χ3n) is 2.39. The zero-order chi connectivity index (χ0) is 12.8. The standard InChI is InChI=1S/C14H13BrFNO/c15-11-5-1-4-8-14(11)18-10-9-17-13-7-3-2-6-12(13)16/h1-8,17H,9-10H2. The van der Waals surface area contributed by atoms with Crippen molar-refractivity contribution in [2.75, 3.05) is 18.5 Å². The molecule has 0 saturated carbocycles. The molecule has 0 aliphatic rings. The van der Waals surface area contributed by atoms with Gasteiger partial charge in [-0.3, -0.25) is 0 Å². The predicted molar refractivity (Wildman–Crippen MR) is 74.5 cm³/mol. The summed E-state index contributed by atoms with van der Waals surface area (Å²) in [4.78, 5) is 0. The molecule has 4 heteroatoms. The lowest BCUT2D eigenvalue weighted by molar-refractivity contribution is 0.330. The Hall–Kier alpha value is -1.55. The molecule has 2 rings (SSSR count). The lowest BCUT2D eigenvalue weighted by Crippen LogP contribution is -2.12. The van der Waals surface area contributed by atoms with Crippen LogP contribution in [0, 0.1) is 5.82 Å². The highest BCUT2D eigenvalue weighted by Crippen LogP contribution is 2.23. The number of hydrogen-bond donors (Lipinski definition) is 1. The molecular weight excluding hydrogens is 297 g/mol. The fraction of sp³-hybridized carbons (Fsp3) is 0.143. The van der Waals surface area contributed by atoms with Gasteiger partial charge < -0.3 is 10.1 Å². The first-order chi connectivity index (χ1) is 8.77. The van der Waals surface area contributed by atoms with Crippen LogP contribution in [0.2, 0.25) is 0 Å². The normalized spacial score (nSPS) is 10.1. The van der Waals surface area contributed by atoms with Crippen molar-refractivity contribution in [1.82, 2.24) is 0 Å². The lowest BCUT2D eigenvalue weighted by atomic mass is 10.3. The minimum absolute atomic E-state index is 0.251. The molecule has 18 heavy (non-hydrogen) atoms. The summed E-state index contributed by atoms with van der Waals surface area (Å²) in [6.07, 6.45) is 0. The Morgan fingerprint density at radius 2 is 1.78 bits per heavy atom. The van der Waals surface area contributed by atoms with Crippen LogP contribution in [0.15, 0.2) is 53.0 Å². The van der Waals surface area contributed by atoms with Crippen LogP contribution in [0.5, 0.6) is 5.75 Å². The van der Waals surface area contributed by atoms with Crippen LogP contribution in [0.1, 0.15) is 0 Å². The summed E-state index contributed by atoms with van der Waals surface area (Å²) in [5, 5.41) is 2.99. The zero-order valence-electron chi connectivity index (χ0n) is 9.70. The molecule has 0 atom stereocenters. The van der Waals surface area contributed by atoms with Crippen LogP contribution in [-0.4, -0.2) is 13.2 Å². The van der Waals surface area contributed by atoms with Crippen molar-refractivity contribution >= 4 is 21.6 Å². The lowest BCUT2D eigenvalue weighted by Gasteiger charge is -2.10. The summed E-state index contributed by atoms with van der Waals surface area (Å²) in [7, 11) is 0. The Balaban J connectivity index is 1.80. The second-order valence-electron chi connectivity index (χ2n) is 3.69. The van der Waals surface area contributed by atoms with Crippen molar-refractivity contribution in [3.05, 3.63) is 58.8 Å². The van der Waals surface area contributed by atoms with Gasteiger partial charge in [0.1, 0.15) is 18.2 Å². The summed E-state index contributed by atoms with van der Waals surface area (Å²) in [6.45, 7) is 1.01. The molecule has 0 bridgehead atoms. The maximum absolute atomic E-state index is 13.3. The van der Waals surface area contributed by atoms with Gasteiger partial charge in [0.15, 0.2) is 0 Å². The molecule has 2 aromatic carbocycles. The molecule has 0 amide bonds. The topological polar surface area (TPSA) is 21.3 Å². The summed E-state index contributed by atoms with van der Waals surface area (Å²) < 4.78 is 19.8. The average Bonchev–Trinajstić information content (AvgIpc) is 2.38. The Kier molecular flexibility index (Phi) is 4.59. The van der Waals surface area contributed by atoms with Gasteiger partial charge in [0.25, 0.3) is 0 Å². The van der Waals surface area contributed by atoms with Crippen LogP contribution < -0.4 is 10.1 Å². The molecule has 0 saturated heterocycles.